The number of para-hydroxylation sites is 1. The highest BCUT2D eigenvalue weighted by Gasteiger charge is 2.51. The molecule has 1 atom stereocenters. The van der Waals surface area contributed by atoms with Gasteiger partial charge in [0.2, 0.25) is 11.4 Å². The van der Waals surface area contributed by atoms with Crippen LogP contribution in [0.4, 0.5) is 0 Å². The normalized spacial score (nSPS) is 15.0. The molecule has 3 nitrogen and oxygen atoms in total. The number of hydrogen-bond acceptors (Lipinski definition) is 0. The molecular weight excluding hydrogens is 631 g/mol. The summed E-state index contributed by atoms with van der Waals surface area (Å²) in [6.07, 6.45) is 8.05. The number of nitrogens with zero attached hydrogens (tertiary/aromatic N) is 3. The number of fused-ring (bicyclic) bond motifs is 6. The van der Waals surface area contributed by atoms with Crippen LogP contribution in [0.3, 0.4) is 0 Å². The predicted molar refractivity (Wildman–Crippen MR) is 218 cm³/mol. The van der Waals surface area contributed by atoms with Crippen molar-refractivity contribution < 1.29 is 9.13 Å². The lowest BCUT2D eigenvalue weighted by atomic mass is 9.69. The van der Waals surface area contributed by atoms with Gasteiger partial charge in [-0.2, -0.15) is 9.13 Å². The summed E-state index contributed by atoms with van der Waals surface area (Å²) >= 11 is 0. The predicted octanol–water partition coefficient (Wildman–Crippen LogP) is 11.7. The third kappa shape index (κ3) is 5.57. The second-order valence-electron chi connectivity index (χ2n) is 15.7. The highest BCUT2D eigenvalue weighted by Crippen LogP contribution is 2.47. The topological polar surface area (TPSA) is 12.7 Å². The SMILES string of the molecule is CCC1(CC)C(CC[n+]2cc(C)ccc2-c2cc3c4ccccc4n(CC(C)C)c3cc2C)c2ccccc2-c2cc(C)c(-c3ccccc3)c[n+]21. The molecule has 7 aromatic rings. The van der Waals surface area contributed by atoms with Crippen molar-refractivity contribution >= 4 is 21.8 Å². The molecule has 1 aliphatic rings. The average Bonchev–Trinajstić information content (AvgIpc) is 3.45. The molecule has 0 amide bonds. The fourth-order valence-corrected chi connectivity index (χ4v) is 9.55. The van der Waals surface area contributed by atoms with E-state index in [2.05, 4.69) is 184 Å². The summed E-state index contributed by atoms with van der Waals surface area (Å²) < 4.78 is 7.77. The quantitative estimate of drug-likeness (QED) is 0.134. The first-order valence-corrected chi connectivity index (χ1v) is 19.5. The lowest BCUT2D eigenvalue weighted by Crippen LogP contribution is -2.62. The molecular formula is C49H53N3+2. The van der Waals surface area contributed by atoms with Crippen LogP contribution in [-0.4, -0.2) is 4.57 Å². The van der Waals surface area contributed by atoms with Gasteiger partial charge in [0.25, 0.3) is 0 Å². The number of benzene rings is 4. The minimum absolute atomic E-state index is 0.0431. The second kappa shape index (κ2) is 13.5. The highest BCUT2D eigenvalue weighted by atomic mass is 15.1. The molecule has 3 aromatic heterocycles. The zero-order valence-corrected chi connectivity index (χ0v) is 32.1. The average molecular weight is 684 g/mol. The third-order valence-corrected chi connectivity index (χ3v) is 12.1. The van der Waals surface area contributed by atoms with E-state index in [4.69, 9.17) is 0 Å². The Labute approximate surface area is 310 Å². The van der Waals surface area contributed by atoms with Crippen LogP contribution in [0.1, 0.15) is 75.1 Å². The van der Waals surface area contributed by atoms with Crippen molar-refractivity contribution in [3.63, 3.8) is 0 Å². The van der Waals surface area contributed by atoms with Gasteiger partial charge in [-0.15, -0.1) is 0 Å². The number of hydrogen-bond donors (Lipinski definition) is 0. The Bertz CT molecular complexity index is 2430. The summed E-state index contributed by atoms with van der Waals surface area (Å²) in [7, 11) is 0. The summed E-state index contributed by atoms with van der Waals surface area (Å²) in [5, 5.41) is 2.69. The van der Waals surface area contributed by atoms with Gasteiger partial charge in [0.1, 0.15) is 6.54 Å². The van der Waals surface area contributed by atoms with Crippen LogP contribution in [0.25, 0.3) is 55.4 Å². The maximum Gasteiger partial charge on any atom is 0.213 e. The molecule has 0 radical (unpaired) electrons. The van der Waals surface area contributed by atoms with E-state index >= 15 is 0 Å². The maximum absolute atomic E-state index is 2.68. The lowest BCUT2D eigenvalue weighted by Gasteiger charge is -2.40. The zero-order valence-electron chi connectivity index (χ0n) is 32.1. The van der Waals surface area contributed by atoms with Gasteiger partial charge in [-0.05, 0) is 79.3 Å². The maximum atomic E-state index is 2.68. The van der Waals surface area contributed by atoms with Crippen molar-refractivity contribution in [2.45, 2.75) is 92.3 Å². The molecule has 4 aromatic carbocycles. The Hall–Kier alpha value is -5.02. The molecule has 0 aliphatic carbocycles. The van der Waals surface area contributed by atoms with Gasteiger partial charge in [-0.3, -0.25) is 0 Å². The van der Waals surface area contributed by atoms with Gasteiger partial charge in [-0.1, -0.05) is 94.4 Å². The molecule has 0 spiro atoms. The van der Waals surface area contributed by atoms with Crippen LogP contribution in [0.2, 0.25) is 0 Å². The molecule has 262 valence electrons. The van der Waals surface area contributed by atoms with Crippen LogP contribution in [0.5, 0.6) is 0 Å². The van der Waals surface area contributed by atoms with E-state index in [0.29, 0.717) is 11.8 Å². The van der Waals surface area contributed by atoms with Gasteiger partial charge in [0, 0.05) is 82.0 Å². The molecule has 4 heterocycles. The summed E-state index contributed by atoms with van der Waals surface area (Å²) in [5.74, 6) is 0.932. The Morgan fingerprint density at radius 3 is 2.13 bits per heavy atom. The largest absolute Gasteiger partial charge is 0.340 e. The molecule has 0 saturated carbocycles. The Balaban J connectivity index is 1.24. The van der Waals surface area contributed by atoms with Crippen molar-refractivity contribution in [1.29, 1.82) is 0 Å². The molecule has 0 saturated heterocycles. The van der Waals surface area contributed by atoms with Crippen LogP contribution >= 0.6 is 0 Å². The summed E-state index contributed by atoms with van der Waals surface area (Å²) in [6.45, 7) is 18.2. The molecule has 0 fully saturated rings. The van der Waals surface area contributed by atoms with Crippen LogP contribution in [0.15, 0.2) is 122 Å². The monoisotopic (exact) mass is 683 g/mol. The minimum atomic E-state index is -0.0431. The van der Waals surface area contributed by atoms with Crippen molar-refractivity contribution in [3.05, 3.63) is 144 Å². The van der Waals surface area contributed by atoms with E-state index in [1.165, 1.54) is 77.7 Å². The third-order valence-electron chi connectivity index (χ3n) is 12.1. The summed E-state index contributed by atoms with van der Waals surface area (Å²) in [5.41, 5.74) is 16.0. The highest BCUT2D eigenvalue weighted by molar-refractivity contribution is 6.09. The second-order valence-corrected chi connectivity index (χ2v) is 15.7. The van der Waals surface area contributed by atoms with Gasteiger partial charge < -0.3 is 4.57 Å². The first-order valence-electron chi connectivity index (χ1n) is 19.5. The fourth-order valence-electron chi connectivity index (χ4n) is 9.55. The Morgan fingerprint density at radius 2 is 1.37 bits per heavy atom. The van der Waals surface area contributed by atoms with Crippen LogP contribution in [0, 0.1) is 26.7 Å². The van der Waals surface area contributed by atoms with Gasteiger partial charge >= 0.3 is 0 Å². The summed E-state index contributed by atoms with van der Waals surface area (Å²) in [6, 6.07) is 41.1. The summed E-state index contributed by atoms with van der Waals surface area (Å²) in [4.78, 5) is 0. The van der Waals surface area contributed by atoms with E-state index in [-0.39, 0.29) is 5.54 Å². The molecule has 1 aliphatic heterocycles. The molecule has 0 bridgehead atoms. The van der Waals surface area contributed by atoms with Crippen molar-refractivity contribution in [1.82, 2.24) is 4.57 Å². The van der Waals surface area contributed by atoms with Gasteiger partial charge in [0.15, 0.2) is 17.9 Å². The van der Waals surface area contributed by atoms with E-state index in [1.807, 2.05) is 0 Å². The lowest BCUT2D eigenvalue weighted by molar-refractivity contribution is -0.764. The number of aryl methyl sites for hydroxylation is 4. The van der Waals surface area contributed by atoms with E-state index in [9.17, 15) is 0 Å². The number of aromatic nitrogens is 3. The molecule has 52 heavy (non-hydrogen) atoms. The molecule has 1 unspecified atom stereocenters. The molecule has 0 N–H and O–H groups in total. The van der Waals surface area contributed by atoms with Crippen molar-refractivity contribution in [3.8, 4) is 33.6 Å². The first-order chi connectivity index (χ1) is 25.2. The fraction of sp³-hybridized carbons (Fsp3) is 0.306. The van der Waals surface area contributed by atoms with Crippen molar-refractivity contribution in [2.24, 2.45) is 5.92 Å². The standard InChI is InChI=1S/C49H53N3/c1-8-49(9-2)44(38-19-13-14-20-39(38)48-28-36(7)43(32-52(48)49)37-17-11-10-12-18-37)25-26-50-31-34(5)23-24-45(50)41-29-42-40-21-15-16-22-46(40)51(30-33(3)4)47(42)27-35(41)6/h10-24,27-29,31-33,44H,8-9,25-26,30H2,1-7H3/q+2. The number of rotatable bonds is 9. The van der Waals surface area contributed by atoms with Crippen LogP contribution in [-0.2, 0) is 18.6 Å². The van der Waals surface area contributed by atoms with Crippen molar-refractivity contribution in [2.75, 3.05) is 0 Å². The van der Waals surface area contributed by atoms with Gasteiger partial charge in [0.05, 0.1) is 5.92 Å². The smallest absolute Gasteiger partial charge is 0.213 e. The molecule has 3 heteroatoms. The molecule has 8 rings (SSSR count). The van der Waals surface area contributed by atoms with E-state index in [0.717, 1.165) is 32.4 Å². The number of pyridine rings is 2. The first kappa shape index (κ1) is 34.1. The van der Waals surface area contributed by atoms with Gasteiger partial charge in [-0.25, -0.2) is 0 Å². The minimum Gasteiger partial charge on any atom is -0.340 e. The van der Waals surface area contributed by atoms with Crippen LogP contribution < -0.4 is 9.13 Å². The van der Waals surface area contributed by atoms with E-state index in [1.54, 1.807) is 0 Å². The Kier molecular flexibility index (Phi) is 8.86. The van der Waals surface area contributed by atoms with E-state index < -0.39 is 0 Å². The zero-order chi connectivity index (χ0) is 36.1. The Morgan fingerprint density at radius 1 is 0.654 bits per heavy atom.